The van der Waals surface area contributed by atoms with Crippen molar-refractivity contribution < 1.29 is 14.2 Å². The molecule has 7 rings (SSSR count). The van der Waals surface area contributed by atoms with E-state index < -0.39 is 0 Å². The zero-order valence-corrected chi connectivity index (χ0v) is 24.1. The van der Waals surface area contributed by atoms with Crippen LogP contribution in [0, 0.1) is 13.8 Å². The molecule has 1 amide bonds. The molecule has 2 aliphatic rings. The summed E-state index contributed by atoms with van der Waals surface area (Å²) in [4.78, 5) is 31.8. The number of anilines is 1. The zero-order valence-electron chi connectivity index (χ0n) is 24.1. The minimum absolute atomic E-state index is 0.000174. The van der Waals surface area contributed by atoms with Crippen LogP contribution >= 0.6 is 0 Å². The molecule has 0 radical (unpaired) electrons. The van der Waals surface area contributed by atoms with Crippen LogP contribution in [0.4, 0.5) is 5.69 Å². The highest BCUT2D eigenvalue weighted by molar-refractivity contribution is 5.99. The molecule has 2 aliphatic heterocycles. The summed E-state index contributed by atoms with van der Waals surface area (Å²) in [6.45, 7) is 7.64. The summed E-state index contributed by atoms with van der Waals surface area (Å²) < 4.78 is 4.02. The maximum absolute atomic E-state index is 14.0. The van der Waals surface area contributed by atoms with E-state index in [9.17, 15) is 9.59 Å². The summed E-state index contributed by atoms with van der Waals surface area (Å²) >= 11 is 0. The van der Waals surface area contributed by atoms with Crippen LogP contribution in [0.5, 0.6) is 0 Å². The lowest BCUT2D eigenvalue weighted by atomic mass is 9.81. The van der Waals surface area contributed by atoms with Gasteiger partial charge in [0, 0.05) is 30.3 Å². The Balaban J connectivity index is 1.20. The number of aryl methyl sites for hydroxylation is 2. The first-order valence-corrected chi connectivity index (χ1v) is 14.4. The molecule has 0 aliphatic carbocycles. The van der Waals surface area contributed by atoms with E-state index in [1.54, 1.807) is 0 Å². The highest BCUT2D eigenvalue weighted by atomic mass is 16.2. The zero-order chi connectivity index (χ0) is 28.5. The molecule has 2 atom stereocenters. The standard InChI is InChI=1S/C35H35N4O2/c1-23-17-30-31(18-24(23)2)38(22-37(30)20-32(40)27-14-13-25-9-5-6-10-26(25)19-27)21-33(41)39-16-15-35(3)28-11-7-8-12-29(28)36(4)34(35)39/h5-14,17-19,22,34H,15-16,20-21H2,1-4H3/q+1. The van der Waals surface area contributed by atoms with Crippen LogP contribution in [0.2, 0.25) is 0 Å². The SMILES string of the molecule is Cc1cc2c(cc1C)[n+](CC(=O)c1ccc3ccccc3c1)cn2CC(=O)N1CCC2(C)c3ccccc3N(C)C12. The summed E-state index contributed by atoms with van der Waals surface area (Å²) in [7, 11) is 2.10. The Morgan fingerprint density at radius 3 is 2.49 bits per heavy atom. The van der Waals surface area contributed by atoms with Crippen LogP contribution in [-0.4, -0.2) is 40.9 Å². The molecule has 5 aromatic rings. The number of carbonyl (C=O) groups excluding carboxylic acids is 2. The normalized spacial score (nSPS) is 19.7. The first kappa shape index (κ1) is 25.5. The third-order valence-corrected chi connectivity index (χ3v) is 9.50. The van der Waals surface area contributed by atoms with Gasteiger partial charge in [0.2, 0.25) is 12.1 Å². The number of Topliss-reactive ketones (excluding diaryl/α,β-unsaturated/α-hetero) is 1. The first-order chi connectivity index (χ1) is 19.7. The Labute approximate surface area is 240 Å². The van der Waals surface area contributed by atoms with Gasteiger partial charge in [0.1, 0.15) is 6.17 Å². The molecule has 3 heterocycles. The highest BCUT2D eigenvalue weighted by Gasteiger charge is 2.54. The lowest BCUT2D eigenvalue weighted by Crippen LogP contribution is -2.50. The van der Waals surface area contributed by atoms with Crippen molar-refractivity contribution >= 4 is 39.2 Å². The van der Waals surface area contributed by atoms with E-state index in [1.807, 2.05) is 51.9 Å². The monoisotopic (exact) mass is 543 g/mol. The lowest BCUT2D eigenvalue weighted by molar-refractivity contribution is -0.657. The van der Waals surface area contributed by atoms with E-state index in [0.29, 0.717) is 5.56 Å². The number of ketones is 1. The van der Waals surface area contributed by atoms with E-state index in [-0.39, 0.29) is 36.4 Å². The molecule has 2 unspecified atom stereocenters. The third kappa shape index (κ3) is 3.96. The average Bonchev–Trinajstić information content (AvgIpc) is 3.56. The first-order valence-electron chi connectivity index (χ1n) is 14.4. The number of hydrogen-bond donors (Lipinski definition) is 0. The van der Waals surface area contributed by atoms with Crippen molar-refractivity contribution in [2.45, 2.75) is 51.9 Å². The number of fused-ring (bicyclic) bond motifs is 5. The summed E-state index contributed by atoms with van der Waals surface area (Å²) in [5, 5.41) is 2.17. The van der Waals surface area contributed by atoms with Gasteiger partial charge < -0.3 is 9.80 Å². The number of likely N-dealkylation sites (tertiary alicyclic amines) is 1. The van der Waals surface area contributed by atoms with Crippen LogP contribution in [0.3, 0.4) is 0 Å². The number of benzene rings is 4. The molecule has 6 heteroatoms. The summed E-state index contributed by atoms with van der Waals surface area (Å²) in [5.74, 6) is 0.145. The minimum atomic E-state index is -0.0837. The summed E-state index contributed by atoms with van der Waals surface area (Å²) in [6.07, 6.45) is 2.89. The van der Waals surface area contributed by atoms with Crippen LogP contribution in [0.15, 0.2) is 85.2 Å². The number of nitrogens with zero attached hydrogens (tertiary/aromatic N) is 4. The number of hydrogen-bond acceptors (Lipinski definition) is 3. The number of likely N-dealkylation sites (N-methyl/N-ethyl adjacent to an activating group) is 1. The molecule has 1 saturated heterocycles. The minimum Gasteiger partial charge on any atom is -0.353 e. The van der Waals surface area contributed by atoms with Crippen molar-refractivity contribution in [3.05, 3.63) is 107 Å². The van der Waals surface area contributed by atoms with Crippen molar-refractivity contribution in [1.29, 1.82) is 0 Å². The molecule has 4 aromatic carbocycles. The van der Waals surface area contributed by atoms with Crippen molar-refractivity contribution in [1.82, 2.24) is 9.47 Å². The topological polar surface area (TPSA) is 49.4 Å². The van der Waals surface area contributed by atoms with Crippen molar-refractivity contribution in [3.63, 3.8) is 0 Å². The number of aromatic nitrogens is 2. The quantitative estimate of drug-likeness (QED) is 0.216. The van der Waals surface area contributed by atoms with Gasteiger partial charge in [-0.2, -0.15) is 0 Å². The predicted molar refractivity (Wildman–Crippen MR) is 162 cm³/mol. The molecule has 1 aromatic heterocycles. The molecule has 6 nitrogen and oxygen atoms in total. The summed E-state index contributed by atoms with van der Waals surface area (Å²) in [6, 6.07) is 26.8. The predicted octanol–water partition coefficient (Wildman–Crippen LogP) is 5.55. The van der Waals surface area contributed by atoms with Crippen LogP contribution in [0.1, 0.15) is 40.4 Å². The van der Waals surface area contributed by atoms with E-state index in [0.717, 1.165) is 45.9 Å². The van der Waals surface area contributed by atoms with Crippen molar-refractivity contribution in [3.8, 4) is 0 Å². The number of carbonyl (C=O) groups is 2. The Bertz CT molecular complexity index is 1870. The lowest BCUT2D eigenvalue weighted by Gasteiger charge is -2.34. The molecule has 0 saturated carbocycles. The molecular weight excluding hydrogens is 508 g/mol. The average molecular weight is 544 g/mol. The maximum Gasteiger partial charge on any atom is 0.266 e. The van der Waals surface area contributed by atoms with Gasteiger partial charge in [0.05, 0.1) is 0 Å². The fourth-order valence-electron chi connectivity index (χ4n) is 7.15. The van der Waals surface area contributed by atoms with Gasteiger partial charge in [0.25, 0.3) is 5.91 Å². The van der Waals surface area contributed by atoms with Crippen molar-refractivity contribution in [2.24, 2.45) is 0 Å². The van der Waals surface area contributed by atoms with E-state index >= 15 is 0 Å². The fourth-order valence-corrected chi connectivity index (χ4v) is 7.15. The number of imidazole rings is 1. The second-order valence-corrected chi connectivity index (χ2v) is 12.0. The van der Waals surface area contributed by atoms with Gasteiger partial charge >= 0.3 is 0 Å². The van der Waals surface area contributed by atoms with Gasteiger partial charge in [-0.3, -0.25) is 9.59 Å². The van der Waals surface area contributed by atoms with Crippen LogP contribution < -0.4 is 9.47 Å². The second-order valence-electron chi connectivity index (χ2n) is 12.0. The molecule has 0 bridgehead atoms. The highest BCUT2D eigenvalue weighted by Crippen LogP contribution is 2.51. The van der Waals surface area contributed by atoms with Gasteiger partial charge in [-0.1, -0.05) is 61.5 Å². The fraction of sp³-hybridized carbons (Fsp3) is 0.286. The molecular formula is C35H35N4O2+. The van der Waals surface area contributed by atoms with E-state index in [4.69, 9.17) is 0 Å². The Morgan fingerprint density at radius 1 is 0.927 bits per heavy atom. The molecule has 1 fully saturated rings. The number of amides is 1. The van der Waals surface area contributed by atoms with Crippen molar-refractivity contribution in [2.75, 3.05) is 18.5 Å². The number of rotatable bonds is 5. The van der Waals surface area contributed by atoms with Crippen LogP contribution in [0.25, 0.3) is 21.8 Å². The van der Waals surface area contributed by atoms with Gasteiger partial charge in [-0.25, -0.2) is 9.13 Å². The largest absolute Gasteiger partial charge is 0.353 e. The molecule has 0 spiro atoms. The maximum atomic E-state index is 14.0. The third-order valence-electron chi connectivity index (χ3n) is 9.50. The van der Waals surface area contributed by atoms with E-state index in [1.165, 1.54) is 11.3 Å². The van der Waals surface area contributed by atoms with Gasteiger partial charge in [0.15, 0.2) is 24.1 Å². The Hall–Kier alpha value is -4.45. The molecule has 206 valence electrons. The molecule has 41 heavy (non-hydrogen) atoms. The van der Waals surface area contributed by atoms with E-state index in [2.05, 4.69) is 80.1 Å². The smallest absolute Gasteiger partial charge is 0.266 e. The van der Waals surface area contributed by atoms with Gasteiger partial charge in [-0.05, 0) is 72.0 Å². The summed E-state index contributed by atoms with van der Waals surface area (Å²) in [5.41, 5.74) is 7.40. The Kier molecular flexibility index (Phi) is 5.79. The Morgan fingerprint density at radius 2 is 1.66 bits per heavy atom. The van der Waals surface area contributed by atoms with Gasteiger partial charge in [-0.15, -0.1) is 0 Å². The van der Waals surface area contributed by atoms with Crippen LogP contribution in [-0.2, 0) is 23.3 Å². The second kappa shape index (κ2) is 9.30. The number of para-hydroxylation sites is 1. The molecule has 0 N–H and O–H groups in total.